The first kappa shape index (κ1) is 36.7. The largest absolute Gasteiger partial charge is 0.391 e. The van der Waals surface area contributed by atoms with Crippen LogP contribution in [0.3, 0.4) is 0 Å². The van der Waals surface area contributed by atoms with Crippen molar-refractivity contribution in [1.29, 1.82) is 0 Å². The minimum atomic E-state index is -1.44. The van der Waals surface area contributed by atoms with Gasteiger partial charge < -0.3 is 48.4 Å². The highest BCUT2D eigenvalue weighted by Crippen LogP contribution is 2.22. The standard InChI is InChI=1S/C26H50N8O6/c1-15(14-35)31-22(38)18(10-7-8-12-26(4,5)6)33-24(40)20(17(3)36)34-23(39)19(32-21(37)16(2)27)11-9-13-30-25(28)29/h14-20,36H,7-13,27H2,1-6H3,(H,31,38)(H,32,37)(H,33,40)(H,34,39)(H4,28,29,30)/t15-,16-,17+,18-,19-,20-/m0/s1. The molecule has 11 N–H and O–H groups in total. The van der Waals surface area contributed by atoms with Gasteiger partial charge in [0.25, 0.3) is 0 Å². The van der Waals surface area contributed by atoms with Crippen LogP contribution in [0.1, 0.15) is 80.1 Å². The molecule has 0 aromatic heterocycles. The average Bonchev–Trinajstić information content (AvgIpc) is 2.84. The molecule has 40 heavy (non-hydrogen) atoms. The summed E-state index contributed by atoms with van der Waals surface area (Å²) in [6.07, 6.45) is 2.31. The predicted molar refractivity (Wildman–Crippen MR) is 153 cm³/mol. The molecule has 230 valence electrons. The van der Waals surface area contributed by atoms with Gasteiger partial charge >= 0.3 is 0 Å². The van der Waals surface area contributed by atoms with Crippen LogP contribution in [0, 0.1) is 5.41 Å². The summed E-state index contributed by atoms with van der Waals surface area (Å²) in [7, 11) is 0. The van der Waals surface area contributed by atoms with Gasteiger partial charge in [-0.05, 0) is 51.9 Å². The van der Waals surface area contributed by atoms with Crippen molar-refractivity contribution in [3.05, 3.63) is 0 Å². The lowest BCUT2D eigenvalue weighted by molar-refractivity contribution is -0.136. The zero-order chi connectivity index (χ0) is 31.0. The monoisotopic (exact) mass is 570 g/mol. The van der Waals surface area contributed by atoms with Gasteiger partial charge in [0.2, 0.25) is 23.6 Å². The lowest BCUT2D eigenvalue weighted by Gasteiger charge is -2.27. The van der Waals surface area contributed by atoms with Gasteiger partial charge in [-0.3, -0.25) is 24.2 Å². The zero-order valence-electron chi connectivity index (χ0n) is 24.7. The second-order valence-corrected chi connectivity index (χ2v) is 11.3. The summed E-state index contributed by atoms with van der Waals surface area (Å²) in [5, 5.41) is 20.4. The number of nitrogens with two attached hydrogens (primary N) is 3. The van der Waals surface area contributed by atoms with Crippen LogP contribution in [-0.2, 0) is 24.0 Å². The van der Waals surface area contributed by atoms with Crippen LogP contribution in [0.4, 0.5) is 0 Å². The summed E-state index contributed by atoms with van der Waals surface area (Å²) < 4.78 is 0. The Morgan fingerprint density at radius 2 is 1.35 bits per heavy atom. The van der Waals surface area contributed by atoms with Gasteiger partial charge in [-0.25, -0.2) is 0 Å². The average molecular weight is 571 g/mol. The molecule has 0 fully saturated rings. The molecule has 0 saturated heterocycles. The van der Waals surface area contributed by atoms with Crippen molar-refractivity contribution in [3.63, 3.8) is 0 Å². The van der Waals surface area contributed by atoms with Gasteiger partial charge in [-0.1, -0.05) is 33.6 Å². The molecular weight excluding hydrogens is 520 g/mol. The Morgan fingerprint density at radius 1 is 0.825 bits per heavy atom. The van der Waals surface area contributed by atoms with Crippen LogP contribution in [0.15, 0.2) is 4.99 Å². The quantitative estimate of drug-likeness (QED) is 0.0414. The Bertz CT molecular complexity index is 868. The maximum atomic E-state index is 13.2. The molecule has 14 nitrogen and oxygen atoms in total. The number of carbonyl (C=O) groups is 5. The van der Waals surface area contributed by atoms with Crippen LogP contribution >= 0.6 is 0 Å². The Balaban J connectivity index is 5.64. The van der Waals surface area contributed by atoms with E-state index in [0.29, 0.717) is 19.1 Å². The van der Waals surface area contributed by atoms with Gasteiger partial charge in [0.05, 0.1) is 18.2 Å². The molecule has 0 radical (unpaired) electrons. The molecule has 0 aromatic carbocycles. The molecule has 0 aliphatic rings. The van der Waals surface area contributed by atoms with Gasteiger partial charge in [0.1, 0.15) is 24.4 Å². The number of amides is 4. The van der Waals surface area contributed by atoms with Crippen LogP contribution in [0.25, 0.3) is 0 Å². The molecule has 4 amide bonds. The number of aliphatic hydroxyl groups is 1. The van der Waals surface area contributed by atoms with Gasteiger partial charge in [-0.2, -0.15) is 0 Å². The second-order valence-electron chi connectivity index (χ2n) is 11.3. The molecule has 0 aromatic rings. The van der Waals surface area contributed by atoms with Gasteiger partial charge in [-0.15, -0.1) is 0 Å². The minimum Gasteiger partial charge on any atom is -0.391 e. The summed E-state index contributed by atoms with van der Waals surface area (Å²) in [5.74, 6) is -2.79. The highest BCUT2D eigenvalue weighted by Gasteiger charge is 2.32. The normalized spacial score (nSPS) is 15.8. The van der Waals surface area contributed by atoms with Crippen molar-refractivity contribution in [2.24, 2.45) is 27.6 Å². The molecule has 0 saturated carbocycles. The predicted octanol–water partition coefficient (Wildman–Crippen LogP) is -1.47. The van der Waals surface area contributed by atoms with E-state index in [1.54, 1.807) is 0 Å². The fourth-order valence-corrected chi connectivity index (χ4v) is 3.63. The van der Waals surface area contributed by atoms with Crippen molar-refractivity contribution in [2.75, 3.05) is 6.54 Å². The molecule has 0 unspecified atom stereocenters. The van der Waals surface area contributed by atoms with Crippen molar-refractivity contribution in [2.45, 2.75) is 116 Å². The highest BCUT2D eigenvalue weighted by molar-refractivity contribution is 5.95. The summed E-state index contributed by atoms with van der Waals surface area (Å²) in [4.78, 5) is 66.2. The number of carbonyl (C=O) groups excluding carboxylic acids is 5. The summed E-state index contributed by atoms with van der Waals surface area (Å²) in [6.45, 7) is 10.8. The zero-order valence-corrected chi connectivity index (χ0v) is 24.7. The maximum absolute atomic E-state index is 13.2. The number of hydrogen-bond acceptors (Lipinski definition) is 8. The third-order valence-electron chi connectivity index (χ3n) is 5.93. The first-order valence-corrected chi connectivity index (χ1v) is 13.6. The summed E-state index contributed by atoms with van der Waals surface area (Å²) in [5.41, 5.74) is 16.4. The third kappa shape index (κ3) is 16.0. The highest BCUT2D eigenvalue weighted by atomic mass is 16.3. The van der Waals surface area contributed by atoms with E-state index < -0.39 is 59.9 Å². The molecule has 0 spiro atoms. The smallest absolute Gasteiger partial charge is 0.245 e. The van der Waals surface area contributed by atoms with E-state index in [9.17, 15) is 29.1 Å². The minimum absolute atomic E-state index is 0.103. The van der Waals surface area contributed by atoms with E-state index in [0.717, 1.165) is 12.8 Å². The molecule has 0 rings (SSSR count). The number of guanidine groups is 1. The molecule has 6 atom stereocenters. The Morgan fingerprint density at radius 3 is 1.82 bits per heavy atom. The molecule has 0 heterocycles. The molecule has 14 heteroatoms. The number of hydrogen-bond donors (Lipinski definition) is 8. The summed E-state index contributed by atoms with van der Waals surface area (Å²) in [6, 6.07) is -5.18. The first-order valence-electron chi connectivity index (χ1n) is 13.6. The molecule has 0 aliphatic carbocycles. The number of rotatable bonds is 18. The lowest BCUT2D eigenvalue weighted by Crippen LogP contribution is -2.60. The van der Waals surface area contributed by atoms with E-state index >= 15 is 0 Å². The van der Waals surface area contributed by atoms with E-state index in [2.05, 4.69) is 47.0 Å². The van der Waals surface area contributed by atoms with Crippen LogP contribution in [0.5, 0.6) is 0 Å². The number of aldehydes is 1. The topological polar surface area (TPSA) is 244 Å². The fourth-order valence-electron chi connectivity index (χ4n) is 3.63. The molecular formula is C26H50N8O6. The van der Waals surface area contributed by atoms with Crippen molar-refractivity contribution < 1.29 is 29.1 Å². The Kier molecular flexibility index (Phi) is 16.7. The fraction of sp³-hybridized carbons (Fsp3) is 0.769. The third-order valence-corrected chi connectivity index (χ3v) is 5.93. The van der Waals surface area contributed by atoms with E-state index in [1.165, 1.54) is 20.8 Å². The number of aliphatic hydroxyl groups excluding tert-OH is 1. The molecule has 0 aliphatic heterocycles. The van der Waals surface area contributed by atoms with Crippen molar-refractivity contribution in [3.8, 4) is 0 Å². The van der Waals surface area contributed by atoms with Crippen LogP contribution < -0.4 is 38.5 Å². The number of nitrogens with one attached hydrogen (secondary N) is 4. The van der Waals surface area contributed by atoms with E-state index in [-0.39, 0.29) is 30.8 Å². The Labute approximate surface area is 237 Å². The first-order chi connectivity index (χ1) is 18.5. The van der Waals surface area contributed by atoms with Crippen molar-refractivity contribution in [1.82, 2.24) is 21.3 Å². The lowest BCUT2D eigenvalue weighted by atomic mass is 9.89. The van der Waals surface area contributed by atoms with Crippen molar-refractivity contribution >= 4 is 35.9 Å². The van der Waals surface area contributed by atoms with E-state index in [1.807, 2.05) is 0 Å². The number of nitrogens with zero attached hydrogens (tertiary/aromatic N) is 1. The number of unbranched alkanes of at least 4 members (excludes halogenated alkanes) is 1. The van der Waals surface area contributed by atoms with Gasteiger partial charge in [0, 0.05) is 6.54 Å². The Hall–Kier alpha value is -3.26. The number of aliphatic imine (C=N–C) groups is 1. The van der Waals surface area contributed by atoms with E-state index in [4.69, 9.17) is 17.2 Å². The second kappa shape index (κ2) is 18.2. The van der Waals surface area contributed by atoms with Crippen LogP contribution in [-0.4, -0.2) is 83.8 Å². The SMILES string of the molecule is C[C@H](N)C(=O)N[C@@H](CCCN=C(N)N)C(=O)N[C@H](C(=O)N[C@@H](CCCCC(C)(C)C)C(=O)N[C@@H](C)C=O)[C@@H](C)O. The molecule has 0 bridgehead atoms. The van der Waals surface area contributed by atoms with Gasteiger partial charge in [0.15, 0.2) is 5.96 Å². The maximum Gasteiger partial charge on any atom is 0.245 e. The summed E-state index contributed by atoms with van der Waals surface area (Å²) >= 11 is 0. The van der Waals surface area contributed by atoms with Crippen LogP contribution in [0.2, 0.25) is 0 Å².